The summed E-state index contributed by atoms with van der Waals surface area (Å²) in [5, 5.41) is 0.645. The first kappa shape index (κ1) is 29.2. The van der Waals surface area contributed by atoms with Crippen molar-refractivity contribution in [2.45, 2.75) is 31.7 Å². The van der Waals surface area contributed by atoms with E-state index in [1.165, 1.54) is 21.2 Å². The maximum Gasteiger partial charge on any atom is 0.260 e. The Bertz CT molecular complexity index is 1500. The highest BCUT2D eigenvalue weighted by Crippen LogP contribution is 2.30. The third-order valence-corrected chi connectivity index (χ3v) is 10.0. The third-order valence-electron chi connectivity index (χ3n) is 7.13. The summed E-state index contributed by atoms with van der Waals surface area (Å²) in [6.45, 7) is 8.01. The van der Waals surface area contributed by atoms with Crippen LogP contribution in [0.3, 0.4) is 0 Å². The Morgan fingerprint density at radius 2 is 1.59 bits per heavy atom. The average Bonchev–Trinajstić information content (AvgIpc) is 3.39. The van der Waals surface area contributed by atoms with Gasteiger partial charge in [-0.3, -0.25) is 9.69 Å². The molecule has 0 N–H and O–H groups in total. The van der Waals surface area contributed by atoms with Gasteiger partial charge in [-0.05, 0) is 67.0 Å². The molecule has 5 rings (SSSR count). The maximum absolute atomic E-state index is 13.7. The number of likely N-dealkylation sites (N-methyl/N-ethyl adjacent to an activating group) is 1. The van der Waals surface area contributed by atoms with E-state index in [1.54, 1.807) is 29.2 Å². The minimum absolute atomic E-state index is 0. The number of aromatic nitrogens is 1. The van der Waals surface area contributed by atoms with Gasteiger partial charge >= 0.3 is 0 Å². The monoisotopic (exact) mass is 584 g/mol. The fourth-order valence-corrected chi connectivity index (χ4v) is 7.20. The molecule has 4 aromatic rings. The van der Waals surface area contributed by atoms with Crippen LogP contribution in [0.25, 0.3) is 10.2 Å². The normalized spacial score (nSPS) is 13.7. The van der Waals surface area contributed by atoms with E-state index < -0.39 is 10.0 Å². The van der Waals surface area contributed by atoms with Gasteiger partial charge in [0.15, 0.2) is 5.13 Å². The van der Waals surface area contributed by atoms with Crippen LogP contribution < -0.4 is 4.90 Å². The molecule has 0 radical (unpaired) electrons. The van der Waals surface area contributed by atoms with Gasteiger partial charge < -0.3 is 4.90 Å². The SMILES string of the molecule is CCN(CC)CCN(C(=O)c1ccc(S(=O)(=O)N2CCc3ccccc3C2)cc1)c1nc2ccccc2s1.Cl. The molecular formula is C29H33ClN4O3S2. The van der Waals surface area contributed by atoms with Crippen molar-refractivity contribution in [3.63, 3.8) is 0 Å². The van der Waals surface area contributed by atoms with Crippen LogP contribution in [-0.2, 0) is 23.0 Å². The van der Waals surface area contributed by atoms with E-state index in [4.69, 9.17) is 4.98 Å². The van der Waals surface area contributed by atoms with E-state index in [2.05, 4.69) is 24.8 Å². The number of benzene rings is 3. The average molecular weight is 585 g/mol. The number of hydrogen-bond acceptors (Lipinski definition) is 6. The number of amides is 1. The predicted octanol–water partition coefficient (Wildman–Crippen LogP) is 5.45. The molecule has 1 aliphatic rings. The lowest BCUT2D eigenvalue weighted by molar-refractivity contribution is 0.0983. The highest BCUT2D eigenvalue weighted by atomic mass is 35.5. The molecule has 0 bridgehead atoms. The van der Waals surface area contributed by atoms with E-state index in [1.807, 2.05) is 42.5 Å². The Balaban J connectivity index is 0.00000353. The number of rotatable bonds is 9. The van der Waals surface area contributed by atoms with Crippen molar-refractivity contribution in [2.24, 2.45) is 0 Å². The molecule has 1 aromatic heterocycles. The standard InChI is InChI=1S/C29H32N4O3S2.ClH/c1-3-31(4-2)19-20-33(29-30-26-11-7-8-12-27(26)37-29)28(34)23-13-15-25(16-14-23)38(35,36)32-18-17-22-9-5-6-10-24(22)21-32;/h5-16H,3-4,17-21H2,1-2H3;1H. The smallest absolute Gasteiger partial charge is 0.260 e. The van der Waals surface area contributed by atoms with Crippen molar-refractivity contribution >= 4 is 55.0 Å². The number of sulfonamides is 1. The van der Waals surface area contributed by atoms with Gasteiger partial charge in [-0.1, -0.05) is 61.6 Å². The molecular weight excluding hydrogens is 552 g/mol. The summed E-state index contributed by atoms with van der Waals surface area (Å²) in [4.78, 5) is 22.6. The molecule has 7 nitrogen and oxygen atoms in total. The summed E-state index contributed by atoms with van der Waals surface area (Å²) in [6.07, 6.45) is 0.690. The van der Waals surface area contributed by atoms with Crippen molar-refractivity contribution in [1.82, 2.24) is 14.2 Å². The van der Waals surface area contributed by atoms with Gasteiger partial charge in [0.1, 0.15) is 0 Å². The Morgan fingerprint density at radius 3 is 2.28 bits per heavy atom. The van der Waals surface area contributed by atoms with Crippen molar-refractivity contribution in [2.75, 3.05) is 37.6 Å². The van der Waals surface area contributed by atoms with E-state index >= 15 is 0 Å². The lowest BCUT2D eigenvalue weighted by atomic mass is 10.0. The van der Waals surface area contributed by atoms with Crippen molar-refractivity contribution in [3.8, 4) is 0 Å². The largest absolute Gasteiger partial charge is 0.302 e. The number of carbonyl (C=O) groups excluding carboxylic acids is 1. The molecule has 1 amide bonds. The van der Waals surface area contributed by atoms with Crippen LogP contribution in [0.4, 0.5) is 5.13 Å². The Kier molecular flexibility index (Phi) is 9.40. The van der Waals surface area contributed by atoms with Gasteiger partial charge in [0.25, 0.3) is 5.91 Å². The molecule has 39 heavy (non-hydrogen) atoms. The molecule has 0 spiro atoms. The van der Waals surface area contributed by atoms with Gasteiger partial charge in [-0.25, -0.2) is 13.4 Å². The van der Waals surface area contributed by atoms with Crippen molar-refractivity contribution in [1.29, 1.82) is 0 Å². The molecule has 0 atom stereocenters. The quantitative estimate of drug-likeness (QED) is 0.261. The lowest BCUT2D eigenvalue weighted by Gasteiger charge is -2.28. The number of thiazole rings is 1. The zero-order valence-corrected chi connectivity index (χ0v) is 24.6. The Hall–Kier alpha value is -2.82. The first-order valence-corrected chi connectivity index (χ1v) is 15.2. The minimum Gasteiger partial charge on any atom is -0.302 e. The molecule has 0 unspecified atom stereocenters. The topological polar surface area (TPSA) is 73.8 Å². The first-order valence-electron chi connectivity index (χ1n) is 13.0. The van der Waals surface area contributed by atoms with Gasteiger partial charge in [-0.15, -0.1) is 12.4 Å². The number of para-hydroxylation sites is 1. The van der Waals surface area contributed by atoms with Crippen LogP contribution in [0.5, 0.6) is 0 Å². The zero-order chi connectivity index (χ0) is 26.7. The van der Waals surface area contributed by atoms with Crippen LogP contribution in [0.15, 0.2) is 77.7 Å². The summed E-state index contributed by atoms with van der Waals surface area (Å²) in [6, 6.07) is 22.1. The van der Waals surface area contributed by atoms with Gasteiger partial charge in [0, 0.05) is 31.7 Å². The molecule has 2 heterocycles. The van der Waals surface area contributed by atoms with E-state index in [0.717, 1.165) is 35.4 Å². The molecule has 1 aliphatic heterocycles. The molecule has 206 valence electrons. The number of halogens is 1. The van der Waals surface area contributed by atoms with Crippen molar-refractivity contribution < 1.29 is 13.2 Å². The highest BCUT2D eigenvalue weighted by Gasteiger charge is 2.29. The zero-order valence-electron chi connectivity index (χ0n) is 22.1. The van der Waals surface area contributed by atoms with Gasteiger partial charge in [0.05, 0.1) is 15.1 Å². The Morgan fingerprint density at radius 1 is 0.923 bits per heavy atom. The fourth-order valence-electron chi connectivity index (χ4n) is 4.79. The maximum atomic E-state index is 13.7. The summed E-state index contributed by atoms with van der Waals surface area (Å²) in [7, 11) is -3.67. The molecule has 0 aliphatic carbocycles. The van der Waals surface area contributed by atoms with Gasteiger partial charge in [-0.2, -0.15) is 4.31 Å². The van der Waals surface area contributed by atoms with E-state index in [0.29, 0.717) is 36.8 Å². The fraction of sp³-hybridized carbons (Fsp3) is 0.310. The minimum atomic E-state index is -3.67. The number of anilines is 1. The van der Waals surface area contributed by atoms with Crippen LogP contribution in [0.1, 0.15) is 35.3 Å². The van der Waals surface area contributed by atoms with E-state index in [9.17, 15) is 13.2 Å². The van der Waals surface area contributed by atoms with E-state index in [-0.39, 0.29) is 23.2 Å². The molecule has 0 saturated heterocycles. The third kappa shape index (κ3) is 6.18. The highest BCUT2D eigenvalue weighted by molar-refractivity contribution is 7.89. The predicted molar refractivity (Wildman–Crippen MR) is 161 cm³/mol. The summed E-state index contributed by atoms with van der Waals surface area (Å²) in [5.41, 5.74) is 3.53. The lowest BCUT2D eigenvalue weighted by Crippen LogP contribution is -2.39. The summed E-state index contributed by atoms with van der Waals surface area (Å²) >= 11 is 1.49. The number of hydrogen-bond donors (Lipinski definition) is 0. The molecule has 0 fully saturated rings. The number of carbonyl (C=O) groups is 1. The van der Waals surface area contributed by atoms with Crippen LogP contribution in [0, 0.1) is 0 Å². The molecule has 0 saturated carbocycles. The number of nitrogens with zero attached hydrogens (tertiary/aromatic N) is 4. The second kappa shape index (κ2) is 12.6. The molecule has 10 heteroatoms. The first-order chi connectivity index (χ1) is 18.4. The van der Waals surface area contributed by atoms with Gasteiger partial charge in [0.2, 0.25) is 10.0 Å². The van der Waals surface area contributed by atoms with Crippen molar-refractivity contribution in [3.05, 3.63) is 89.5 Å². The van der Waals surface area contributed by atoms with Crippen LogP contribution in [-0.4, -0.2) is 61.2 Å². The van der Waals surface area contributed by atoms with Crippen LogP contribution in [0.2, 0.25) is 0 Å². The number of fused-ring (bicyclic) bond motifs is 2. The van der Waals surface area contributed by atoms with Crippen LogP contribution >= 0.6 is 23.7 Å². The summed E-state index contributed by atoms with van der Waals surface area (Å²) in [5.74, 6) is -0.188. The molecule has 3 aromatic carbocycles. The second-order valence-corrected chi connectivity index (χ2v) is 12.3. The Labute approximate surface area is 240 Å². The summed E-state index contributed by atoms with van der Waals surface area (Å²) < 4.78 is 29.3. The second-order valence-electron chi connectivity index (χ2n) is 9.33.